The van der Waals surface area contributed by atoms with Gasteiger partial charge in [-0.1, -0.05) is 0 Å². The molecule has 0 bridgehead atoms. The van der Waals surface area contributed by atoms with E-state index in [0.717, 1.165) is 9.88 Å². The molecule has 0 aromatic carbocycles. The van der Waals surface area contributed by atoms with Gasteiger partial charge in [-0.2, -0.15) is 0 Å². The van der Waals surface area contributed by atoms with Crippen molar-refractivity contribution in [3.05, 3.63) is 28.1 Å². The Labute approximate surface area is 91.4 Å². The fraction of sp³-hybridized carbons (Fsp3) is 0.300. The van der Waals surface area contributed by atoms with Gasteiger partial charge in [0.25, 0.3) is 0 Å². The highest BCUT2D eigenvalue weighted by atomic mass is 32.1. The third kappa shape index (κ3) is 1.87. The molecule has 0 amide bonds. The zero-order chi connectivity index (χ0) is 10.1. The number of hydrogen-bond acceptors (Lipinski definition) is 4. The second-order valence-corrected chi connectivity index (χ2v) is 5.62. The smallest absolute Gasteiger partial charge is 0.133 e. The van der Waals surface area contributed by atoms with Crippen molar-refractivity contribution in [3.8, 4) is 9.88 Å². The number of nitrogens with two attached hydrogens (primary N) is 1. The van der Waals surface area contributed by atoms with Crippen LogP contribution in [0.25, 0.3) is 9.88 Å². The maximum Gasteiger partial charge on any atom is 0.133 e. The van der Waals surface area contributed by atoms with Crippen molar-refractivity contribution in [2.75, 3.05) is 0 Å². The summed E-state index contributed by atoms with van der Waals surface area (Å²) in [7, 11) is 0. The second kappa shape index (κ2) is 3.81. The summed E-state index contributed by atoms with van der Waals surface area (Å²) in [5, 5.41) is 1.08. The molecule has 2 rings (SSSR count). The summed E-state index contributed by atoms with van der Waals surface area (Å²) in [5.74, 6) is 0. The van der Waals surface area contributed by atoms with Crippen LogP contribution in [0.3, 0.4) is 0 Å². The van der Waals surface area contributed by atoms with E-state index in [1.165, 1.54) is 9.75 Å². The first kappa shape index (κ1) is 9.83. The first-order valence-electron chi connectivity index (χ1n) is 4.45. The van der Waals surface area contributed by atoms with E-state index in [4.69, 9.17) is 5.73 Å². The van der Waals surface area contributed by atoms with Crippen LogP contribution in [0.5, 0.6) is 0 Å². The highest BCUT2D eigenvalue weighted by Crippen LogP contribution is 2.32. The molecular weight excluding hydrogens is 212 g/mol. The van der Waals surface area contributed by atoms with E-state index in [-0.39, 0.29) is 6.04 Å². The van der Waals surface area contributed by atoms with Gasteiger partial charge in [-0.15, -0.1) is 22.7 Å². The number of aryl methyl sites for hydroxylation is 1. The minimum Gasteiger partial charge on any atom is -0.323 e. The average molecular weight is 224 g/mol. The van der Waals surface area contributed by atoms with Crippen LogP contribution in [0, 0.1) is 6.92 Å². The molecular formula is C10H12N2S2. The van der Waals surface area contributed by atoms with Crippen LogP contribution < -0.4 is 5.73 Å². The molecule has 0 spiro atoms. The van der Waals surface area contributed by atoms with E-state index < -0.39 is 0 Å². The highest BCUT2D eigenvalue weighted by Gasteiger charge is 2.08. The van der Waals surface area contributed by atoms with Crippen LogP contribution in [0.1, 0.15) is 22.7 Å². The minimum absolute atomic E-state index is 0.0855. The van der Waals surface area contributed by atoms with Gasteiger partial charge in [-0.25, -0.2) is 4.98 Å². The molecule has 2 heterocycles. The average Bonchev–Trinajstić information content (AvgIpc) is 2.70. The lowest BCUT2D eigenvalue weighted by atomic mass is 10.3. The number of aromatic nitrogens is 1. The summed E-state index contributed by atoms with van der Waals surface area (Å²) < 4.78 is 0. The zero-order valence-corrected chi connectivity index (χ0v) is 9.78. The van der Waals surface area contributed by atoms with E-state index in [9.17, 15) is 0 Å². The Morgan fingerprint density at radius 3 is 2.64 bits per heavy atom. The largest absolute Gasteiger partial charge is 0.323 e. The lowest BCUT2D eigenvalue weighted by Gasteiger charge is -1.96. The summed E-state index contributed by atoms with van der Waals surface area (Å²) >= 11 is 3.45. The standard InChI is InChI=1S/C10H12N2S2/c1-6-3-4-8(13-6)10-12-5-9(14-10)7(2)11/h3-5,7H,11H2,1-2H3. The Morgan fingerprint density at radius 1 is 1.36 bits per heavy atom. The third-order valence-corrected chi connectivity index (χ3v) is 4.29. The predicted octanol–water partition coefficient (Wildman–Crippen LogP) is 3.20. The first-order chi connectivity index (χ1) is 6.66. The molecule has 1 unspecified atom stereocenters. The van der Waals surface area contributed by atoms with Crippen molar-refractivity contribution in [1.82, 2.24) is 4.98 Å². The molecule has 2 nitrogen and oxygen atoms in total. The van der Waals surface area contributed by atoms with Crippen molar-refractivity contribution < 1.29 is 0 Å². The lowest BCUT2D eigenvalue weighted by Crippen LogP contribution is -2.01. The van der Waals surface area contributed by atoms with Crippen LogP contribution in [0.15, 0.2) is 18.3 Å². The Bertz CT molecular complexity index is 429. The van der Waals surface area contributed by atoms with E-state index in [2.05, 4.69) is 24.0 Å². The third-order valence-electron chi connectivity index (χ3n) is 1.92. The maximum absolute atomic E-state index is 5.78. The van der Waals surface area contributed by atoms with Gasteiger partial charge < -0.3 is 5.73 Å². The molecule has 0 saturated carbocycles. The van der Waals surface area contributed by atoms with Gasteiger partial charge in [-0.05, 0) is 26.0 Å². The normalized spacial score (nSPS) is 13.1. The Kier molecular flexibility index (Phi) is 2.67. The van der Waals surface area contributed by atoms with Crippen molar-refractivity contribution in [3.63, 3.8) is 0 Å². The fourth-order valence-electron chi connectivity index (χ4n) is 1.16. The summed E-state index contributed by atoms with van der Waals surface area (Å²) in [5.41, 5.74) is 5.78. The van der Waals surface area contributed by atoms with Gasteiger partial charge >= 0.3 is 0 Å². The summed E-state index contributed by atoms with van der Waals surface area (Å²) in [6.07, 6.45) is 1.87. The Hall–Kier alpha value is -0.710. The van der Waals surface area contributed by atoms with Gasteiger partial charge in [0.05, 0.1) is 4.88 Å². The van der Waals surface area contributed by atoms with Crippen LogP contribution in [0.4, 0.5) is 0 Å². The monoisotopic (exact) mass is 224 g/mol. The first-order valence-corrected chi connectivity index (χ1v) is 6.08. The van der Waals surface area contributed by atoms with E-state index >= 15 is 0 Å². The number of thiazole rings is 1. The fourth-order valence-corrected chi connectivity index (χ4v) is 2.96. The SMILES string of the molecule is Cc1ccc(-c2ncc(C(C)N)s2)s1. The number of nitrogens with zero attached hydrogens (tertiary/aromatic N) is 1. The van der Waals surface area contributed by atoms with E-state index in [1.807, 2.05) is 13.1 Å². The maximum atomic E-state index is 5.78. The molecule has 74 valence electrons. The Morgan fingerprint density at radius 2 is 2.14 bits per heavy atom. The molecule has 14 heavy (non-hydrogen) atoms. The van der Waals surface area contributed by atoms with Crippen LogP contribution in [0.2, 0.25) is 0 Å². The van der Waals surface area contributed by atoms with Gasteiger partial charge in [0, 0.05) is 22.0 Å². The van der Waals surface area contributed by atoms with Crippen molar-refractivity contribution >= 4 is 22.7 Å². The van der Waals surface area contributed by atoms with Gasteiger partial charge in [-0.3, -0.25) is 0 Å². The lowest BCUT2D eigenvalue weighted by molar-refractivity contribution is 0.835. The molecule has 4 heteroatoms. The molecule has 0 radical (unpaired) electrons. The molecule has 0 saturated heterocycles. The summed E-state index contributed by atoms with van der Waals surface area (Å²) in [6.45, 7) is 4.09. The number of rotatable bonds is 2. The highest BCUT2D eigenvalue weighted by molar-refractivity contribution is 7.21. The molecule has 0 aliphatic carbocycles. The van der Waals surface area contributed by atoms with Gasteiger partial charge in [0.2, 0.25) is 0 Å². The molecule has 0 aliphatic rings. The molecule has 1 atom stereocenters. The minimum atomic E-state index is 0.0855. The predicted molar refractivity (Wildman–Crippen MR) is 62.8 cm³/mol. The molecule has 2 aromatic heterocycles. The summed E-state index contributed by atoms with van der Waals surface area (Å²) in [6, 6.07) is 4.32. The molecule has 0 fully saturated rings. The van der Waals surface area contributed by atoms with Crippen molar-refractivity contribution in [1.29, 1.82) is 0 Å². The quantitative estimate of drug-likeness (QED) is 0.850. The van der Waals surface area contributed by atoms with Crippen LogP contribution in [-0.4, -0.2) is 4.98 Å². The zero-order valence-electron chi connectivity index (χ0n) is 8.15. The number of thiophene rings is 1. The van der Waals surface area contributed by atoms with Crippen molar-refractivity contribution in [2.24, 2.45) is 5.73 Å². The second-order valence-electron chi connectivity index (χ2n) is 3.27. The van der Waals surface area contributed by atoms with E-state index in [1.54, 1.807) is 22.7 Å². The number of hydrogen-bond donors (Lipinski definition) is 1. The topological polar surface area (TPSA) is 38.9 Å². The Balaban J connectivity index is 2.33. The molecule has 0 aliphatic heterocycles. The van der Waals surface area contributed by atoms with E-state index in [0.29, 0.717) is 0 Å². The molecule has 2 aromatic rings. The van der Waals surface area contributed by atoms with Gasteiger partial charge in [0.1, 0.15) is 5.01 Å². The van der Waals surface area contributed by atoms with Gasteiger partial charge in [0.15, 0.2) is 0 Å². The van der Waals surface area contributed by atoms with Crippen LogP contribution >= 0.6 is 22.7 Å². The van der Waals surface area contributed by atoms with Crippen molar-refractivity contribution in [2.45, 2.75) is 19.9 Å². The molecule has 2 N–H and O–H groups in total. The summed E-state index contributed by atoms with van der Waals surface area (Å²) in [4.78, 5) is 8.07. The van der Waals surface area contributed by atoms with Crippen LogP contribution in [-0.2, 0) is 0 Å².